The molecule has 0 aromatic heterocycles. The molecule has 144 valence electrons. The summed E-state index contributed by atoms with van der Waals surface area (Å²) in [6.45, 7) is 3.24. The van der Waals surface area contributed by atoms with Crippen molar-refractivity contribution in [3.63, 3.8) is 0 Å². The quantitative estimate of drug-likeness (QED) is 0.682. The average molecular weight is 387 g/mol. The first-order valence-corrected chi connectivity index (χ1v) is 10.6. The summed E-state index contributed by atoms with van der Waals surface area (Å²) in [6, 6.07) is 19.2. The van der Waals surface area contributed by atoms with E-state index in [2.05, 4.69) is 4.72 Å². The van der Waals surface area contributed by atoms with E-state index in [4.69, 9.17) is 0 Å². The fourth-order valence-corrected chi connectivity index (χ4v) is 3.43. The second-order valence-corrected chi connectivity index (χ2v) is 7.76. The molecule has 2 rings (SSSR count). The first-order valence-electron chi connectivity index (χ1n) is 9.04. The Kier molecular flexibility index (Phi) is 8.23. The van der Waals surface area contributed by atoms with Gasteiger partial charge >= 0.3 is 0 Å². The number of nitrogens with one attached hydrogen (secondary N) is 1. The highest BCUT2D eigenvalue weighted by atomic mass is 32.2. The van der Waals surface area contributed by atoms with E-state index in [1.165, 1.54) is 11.6 Å². The Balaban J connectivity index is 1.78. The number of hydrogen-bond donors (Lipinski definition) is 1. The van der Waals surface area contributed by atoms with Crippen molar-refractivity contribution in [1.29, 1.82) is 0 Å². The molecule has 0 bridgehead atoms. The van der Waals surface area contributed by atoms with Crippen molar-refractivity contribution in [1.82, 2.24) is 9.62 Å². The van der Waals surface area contributed by atoms with Gasteiger partial charge in [0.15, 0.2) is 0 Å². The third kappa shape index (κ3) is 7.76. The first-order chi connectivity index (χ1) is 13.0. The van der Waals surface area contributed by atoms with Gasteiger partial charge in [0.05, 0.1) is 0 Å². The van der Waals surface area contributed by atoms with Crippen LogP contribution in [0.4, 0.5) is 0 Å². The number of sulfonamides is 1. The Labute approximate surface area is 161 Å². The van der Waals surface area contributed by atoms with Crippen molar-refractivity contribution in [2.24, 2.45) is 0 Å². The molecule has 0 aliphatic carbocycles. The normalized spacial score (nSPS) is 11.6. The van der Waals surface area contributed by atoms with Crippen LogP contribution >= 0.6 is 0 Å². The minimum atomic E-state index is -3.56. The molecule has 0 heterocycles. The zero-order chi connectivity index (χ0) is 19.5. The SMILES string of the molecule is CCN(CCc1ccccc1)C(=O)CCNS(=O)(=O)C=Cc1ccccc1. The molecule has 27 heavy (non-hydrogen) atoms. The molecule has 0 aliphatic rings. The lowest BCUT2D eigenvalue weighted by Gasteiger charge is -2.21. The van der Waals surface area contributed by atoms with Gasteiger partial charge in [-0.3, -0.25) is 4.79 Å². The third-order valence-electron chi connectivity index (χ3n) is 4.13. The molecule has 0 fully saturated rings. The van der Waals surface area contributed by atoms with Crippen molar-refractivity contribution < 1.29 is 13.2 Å². The van der Waals surface area contributed by atoms with Crippen molar-refractivity contribution in [3.05, 3.63) is 77.2 Å². The molecule has 0 saturated heterocycles. The minimum absolute atomic E-state index is 0.0526. The molecule has 1 amide bonds. The molecular formula is C21H26N2O3S. The van der Waals surface area contributed by atoms with E-state index >= 15 is 0 Å². The summed E-state index contributed by atoms with van der Waals surface area (Å²) in [7, 11) is -3.56. The fourth-order valence-electron chi connectivity index (χ4n) is 2.61. The number of amides is 1. The summed E-state index contributed by atoms with van der Waals surface area (Å²) in [5, 5.41) is 1.12. The Hall–Kier alpha value is -2.44. The molecule has 2 aromatic carbocycles. The van der Waals surface area contributed by atoms with Crippen LogP contribution in [0.25, 0.3) is 6.08 Å². The number of benzene rings is 2. The summed E-state index contributed by atoms with van der Waals surface area (Å²) >= 11 is 0. The van der Waals surface area contributed by atoms with Crippen molar-refractivity contribution in [2.45, 2.75) is 19.8 Å². The van der Waals surface area contributed by atoms with Gasteiger partial charge in [0, 0.05) is 31.5 Å². The van der Waals surface area contributed by atoms with Crippen LogP contribution in [0, 0.1) is 0 Å². The second-order valence-electron chi connectivity index (χ2n) is 6.11. The largest absolute Gasteiger partial charge is 0.343 e. The average Bonchev–Trinajstić information content (AvgIpc) is 2.68. The van der Waals surface area contributed by atoms with E-state index in [-0.39, 0.29) is 18.9 Å². The molecule has 0 atom stereocenters. The van der Waals surface area contributed by atoms with Crippen LogP contribution in [-0.4, -0.2) is 38.9 Å². The molecule has 0 unspecified atom stereocenters. The maximum Gasteiger partial charge on any atom is 0.233 e. The molecule has 0 radical (unpaired) electrons. The molecular weight excluding hydrogens is 360 g/mol. The van der Waals surface area contributed by atoms with Gasteiger partial charge < -0.3 is 4.90 Å². The summed E-state index contributed by atoms with van der Waals surface area (Å²) < 4.78 is 26.5. The van der Waals surface area contributed by atoms with Crippen LogP contribution in [0.5, 0.6) is 0 Å². The maximum absolute atomic E-state index is 12.3. The third-order valence-corrected chi connectivity index (χ3v) is 5.23. The fraction of sp³-hybridized carbons (Fsp3) is 0.286. The van der Waals surface area contributed by atoms with E-state index in [1.54, 1.807) is 4.90 Å². The number of nitrogens with zero attached hydrogens (tertiary/aromatic N) is 1. The molecule has 6 heteroatoms. The van der Waals surface area contributed by atoms with Crippen molar-refractivity contribution >= 4 is 22.0 Å². The zero-order valence-corrected chi connectivity index (χ0v) is 16.4. The predicted octanol–water partition coefficient (Wildman–Crippen LogP) is 3.06. The van der Waals surface area contributed by atoms with Crippen LogP contribution in [0.1, 0.15) is 24.5 Å². The lowest BCUT2D eigenvalue weighted by Crippen LogP contribution is -2.35. The van der Waals surface area contributed by atoms with Gasteiger partial charge in [-0.05, 0) is 30.5 Å². The molecule has 5 nitrogen and oxygen atoms in total. The molecule has 0 aliphatic heterocycles. The number of likely N-dealkylation sites (N-methyl/N-ethyl adjacent to an activating group) is 1. The summed E-state index contributed by atoms with van der Waals surface area (Å²) in [4.78, 5) is 14.1. The van der Waals surface area contributed by atoms with Crippen LogP contribution in [0.15, 0.2) is 66.1 Å². The number of hydrogen-bond acceptors (Lipinski definition) is 3. The second kappa shape index (κ2) is 10.6. The topological polar surface area (TPSA) is 66.5 Å². The van der Waals surface area contributed by atoms with Gasteiger partial charge in [0.25, 0.3) is 0 Å². The van der Waals surface area contributed by atoms with Crippen molar-refractivity contribution in [2.75, 3.05) is 19.6 Å². The van der Waals surface area contributed by atoms with Crippen LogP contribution in [0.2, 0.25) is 0 Å². The molecule has 2 aromatic rings. The number of carbonyl (C=O) groups excluding carboxylic acids is 1. The summed E-state index contributed by atoms with van der Waals surface area (Å²) in [6.07, 6.45) is 2.45. The minimum Gasteiger partial charge on any atom is -0.343 e. The molecule has 0 saturated carbocycles. The van der Waals surface area contributed by atoms with Crippen LogP contribution in [-0.2, 0) is 21.2 Å². The predicted molar refractivity (Wildman–Crippen MR) is 109 cm³/mol. The molecule has 1 N–H and O–H groups in total. The summed E-state index contributed by atoms with van der Waals surface area (Å²) in [5.41, 5.74) is 1.98. The van der Waals surface area contributed by atoms with E-state index < -0.39 is 10.0 Å². The van der Waals surface area contributed by atoms with Gasteiger partial charge in [0.2, 0.25) is 15.9 Å². The summed E-state index contributed by atoms with van der Waals surface area (Å²) in [5.74, 6) is -0.0526. The van der Waals surface area contributed by atoms with Gasteiger partial charge in [-0.25, -0.2) is 13.1 Å². The van der Waals surface area contributed by atoms with Gasteiger partial charge in [-0.1, -0.05) is 60.7 Å². The highest BCUT2D eigenvalue weighted by molar-refractivity contribution is 7.92. The van der Waals surface area contributed by atoms with Gasteiger partial charge in [-0.15, -0.1) is 0 Å². The monoisotopic (exact) mass is 386 g/mol. The van der Waals surface area contributed by atoms with Gasteiger partial charge in [0.1, 0.15) is 0 Å². The standard InChI is InChI=1S/C21H26N2O3S/c1-2-23(17-14-19-9-5-3-6-10-19)21(24)13-16-22-27(25,26)18-15-20-11-7-4-8-12-20/h3-12,15,18,22H,2,13-14,16-17H2,1H3. The Morgan fingerprint density at radius 2 is 1.67 bits per heavy atom. The lowest BCUT2D eigenvalue weighted by atomic mass is 10.1. The maximum atomic E-state index is 12.3. The van der Waals surface area contributed by atoms with Gasteiger partial charge in [-0.2, -0.15) is 0 Å². The van der Waals surface area contributed by atoms with E-state index in [1.807, 2.05) is 67.6 Å². The highest BCUT2D eigenvalue weighted by Gasteiger charge is 2.13. The number of rotatable bonds is 10. The molecule has 0 spiro atoms. The number of carbonyl (C=O) groups is 1. The van der Waals surface area contributed by atoms with E-state index in [0.29, 0.717) is 13.1 Å². The Bertz CT molecular complexity index is 834. The van der Waals surface area contributed by atoms with E-state index in [0.717, 1.165) is 17.4 Å². The smallest absolute Gasteiger partial charge is 0.233 e. The lowest BCUT2D eigenvalue weighted by molar-refractivity contribution is -0.130. The first kappa shape index (κ1) is 20.9. The van der Waals surface area contributed by atoms with Crippen LogP contribution < -0.4 is 4.72 Å². The highest BCUT2D eigenvalue weighted by Crippen LogP contribution is 2.04. The Morgan fingerprint density at radius 3 is 2.30 bits per heavy atom. The van der Waals surface area contributed by atoms with E-state index in [9.17, 15) is 13.2 Å². The van der Waals surface area contributed by atoms with Crippen LogP contribution in [0.3, 0.4) is 0 Å². The van der Waals surface area contributed by atoms with Crippen molar-refractivity contribution in [3.8, 4) is 0 Å². The Morgan fingerprint density at radius 1 is 1.04 bits per heavy atom. The zero-order valence-electron chi connectivity index (χ0n) is 15.5.